The third-order valence-corrected chi connectivity index (χ3v) is 3.83. The van der Waals surface area contributed by atoms with Gasteiger partial charge in [-0.25, -0.2) is 4.98 Å². The Labute approximate surface area is 133 Å². The van der Waals surface area contributed by atoms with Gasteiger partial charge in [0.15, 0.2) is 0 Å². The highest BCUT2D eigenvalue weighted by molar-refractivity contribution is 5.59. The first-order valence-corrected chi connectivity index (χ1v) is 8.24. The van der Waals surface area contributed by atoms with E-state index in [4.69, 9.17) is 4.74 Å². The SMILES string of the molecule is CCCOc1ccc(-c2cn(CCN(CC)CC)cn2)cc1. The maximum absolute atomic E-state index is 5.61. The van der Waals surface area contributed by atoms with E-state index in [-0.39, 0.29) is 0 Å². The van der Waals surface area contributed by atoms with Crippen molar-refractivity contribution in [1.82, 2.24) is 14.5 Å². The summed E-state index contributed by atoms with van der Waals surface area (Å²) in [6.45, 7) is 11.5. The van der Waals surface area contributed by atoms with Crippen molar-refractivity contribution in [3.05, 3.63) is 36.8 Å². The average Bonchev–Trinajstić information content (AvgIpc) is 3.03. The van der Waals surface area contributed by atoms with Gasteiger partial charge in [-0.05, 0) is 43.8 Å². The molecule has 0 amide bonds. The molecule has 4 nitrogen and oxygen atoms in total. The largest absolute Gasteiger partial charge is 0.494 e. The van der Waals surface area contributed by atoms with Crippen LogP contribution in [0.3, 0.4) is 0 Å². The predicted molar refractivity (Wildman–Crippen MR) is 91.2 cm³/mol. The Kier molecular flexibility index (Phi) is 6.46. The Morgan fingerprint density at radius 1 is 1.09 bits per heavy atom. The monoisotopic (exact) mass is 301 g/mol. The highest BCUT2D eigenvalue weighted by Crippen LogP contribution is 2.21. The van der Waals surface area contributed by atoms with E-state index in [1.54, 1.807) is 0 Å². The highest BCUT2D eigenvalue weighted by Gasteiger charge is 2.04. The molecule has 1 aromatic heterocycles. The van der Waals surface area contributed by atoms with E-state index in [0.29, 0.717) is 0 Å². The lowest BCUT2D eigenvalue weighted by Gasteiger charge is -2.17. The number of rotatable bonds is 9. The second-order valence-electron chi connectivity index (χ2n) is 5.40. The molecule has 0 saturated heterocycles. The van der Waals surface area contributed by atoms with Gasteiger partial charge in [-0.15, -0.1) is 0 Å². The Balaban J connectivity index is 1.95. The van der Waals surface area contributed by atoms with Crippen LogP contribution in [0.15, 0.2) is 36.8 Å². The van der Waals surface area contributed by atoms with E-state index in [2.05, 4.69) is 53.6 Å². The van der Waals surface area contributed by atoms with E-state index < -0.39 is 0 Å². The summed E-state index contributed by atoms with van der Waals surface area (Å²) in [7, 11) is 0. The van der Waals surface area contributed by atoms with Gasteiger partial charge < -0.3 is 14.2 Å². The second kappa shape index (κ2) is 8.59. The summed E-state index contributed by atoms with van der Waals surface area (Å²) in [4.78, 5) is 6.93. The normalized spacial score (nSPS) is 11.1. The molecule has 1 heterocycles. The van der Waals surface area contributed by atoms with Crippen LogP contribution in [0.1, 0.15) is 27.2 Å². The summed E-state index contributed by atoms with van der Waals surface area (Å²) in [5.41, 5.74) is 2.15. The van der Waals surface area contributed by atoms with Gasteiger partial charge in [0.25, 0.3) is 0 Å². The Morgan fingerprint density at radius 3 is 2.45 bits per heavy atom. The molecule has 0 aliphatic rings. The van der Waals surface area contributed by atoms with Crippen LogP contribution < -0.4 is 4.74 Å². The first kappa shape index (κ1) is 16.6. The molecule has 0 saturated carbocycles. The van der Waals surface area contributed by atoms with Gasteiger partial charge in [-0.2, -0.15) is 0 Å². The molecule has 22 heavy (non-hydrogen) atoms. The van der Waals surface area contributed by atoms with Gasteiger partial charge in [-0.1, -0.05) is 20.8 Å². The van der Waals surface area contributed by atoms with E-state index in [9.17, 15) is 0 Å². The van der Waals surface area contributed by atoms with E-state index in [1.807, 2.05) is 18.5 Å². The fourth-order valence-electron chi connectivity index (χ4n) is 2.37. The van der Waals surface area contributed by atoms with Crippen LogP contribution in [-0.4, -0.2) is 40.7 Å². The number of imidazole rings is 1. The number of benzene rings is 1. The topological polar surface area (TPSA) is 30.3 Å². The van der Waals surface area contributed by atoms with Gasteiger partial charge in [-0.3, -0.25) is 0 Å². The molecule has 0 atom stereocenters. The van der Waals surface area contributed by atoms with Gasteiger partial charge in [0, 0.05) is 24.8 Å². The van der Waals surface area contributed by atoms with Crippen molar-refractivity contribution in [2.75, 3.05) is 26.2 Å². The van der Waals surface area contributed by atoms with Crippen molar-refractivity contribution in [2.24, 2.45) is 0 Å². The van der Waals surface area contributed by atoms with Crippen molar-refractivity contribution in [2.45, 2.75) is 33.7 Å². The van der Waals surface area contributed by atoms with Crippen LogP contribution in [-0.2, 0) is 6.54 Å². The van der Waals surface area contributed by atoms with Crippen LogP contribution in [0, 0.1) is 0 Å². The quantitative estimate of drug-likeness (QED) is 0.708. The minimum Gasteiger partial charge on any atom is -0.494 e. The summed E-state index contributed by atoms with van der Waals surface area (Å²) in [5, 5.41) is 0. The molecule has 0 fully saturated rings. The molecular formula is C18H27N3O. The smallest absolute Gasteiger partial charge is 0.119 e. The van der Waals surface area contributed by atoms with E-state index >= 15 is 0 Å². The van der Waals surface area contributed by atoms with Crippen molar-refractivity contribution < 1.29 is 4.74 Å². The van der Waals surface area contributed by atoms with Crippen LogP contribution in [0.5, 0.6) is 5.75 Å². The van der Waals surface area contributed by atoms with Gasteiger partial charge >= 0.3 is 0 Å². The first-order valence-electron chi connectivity index (χ1n) is 8.24. The fourth-order valence-corrected chi connectivity index (χ4v) is 2.37. The van der Waals surface area contributed by atoms with Crippen molar-refractivity contribution in [1.29, 1.82) is 0 Å². The van der Waals surface area contributed by atoms with E-state index in [1.165, 1.54) is 0 Å². The summed E-state index contributed by atoms with van der Waals surface area (Å²) in [6.07, 6.45) is 5.06. The predicted octanol–water partition coefficient (Wildman–Crippen LogP) is 3.68. The zero-order valence-corrected chi connectivity index (χ0v) is 14.0. The van der Waals surface area contributed by atoms with Crippen LogP contribution in [0.4, 0.5) is 0 Å². The van der Waals surface area contributed by atoms with Crippen LogP contribution in [0.2, 0.25) is 0 Å². The fraction of sp³-hybridized carbons (Fsp3) is 0.500. The van der Waals surface area contributed by atoms with Crippen molar-refractivity contribution >= 4 is 0 Å². The first-order chi connectivity index (χ1) is 10.8. The molecular weight excluding hydrogens is 274 g/mol. The minimum absolute atomic E-state index is 0.763. The highest BCUT2D eigenvalue weighted by atomic mass is 16.5. The summed E-state index contributed by atoms with van der Waals surface area (Å²) >= 11 is 0. The molecule has 120 valence electrons. The lowest BCUT2D eigenvalue weighted by Crippen LogP contribution is -2.26. The van der Waals surface area contributed by atoms with Crippen LogP contribution >= 0.6 is 0 Å². The number of hydrogen-bond donors (Lipinski definition) is 0. The summed E-state index contributed by atoms with van der Waals surface area (Å²) in [5.74, 6) is 0.923. The average molecular weight is 301 g/mol. The Morgan fingerprint density at radius 2 is 1.82 bits per heavy atom. The summed E-state index contributed by atoms with van der Waals surface area (Å²) < 4.78 is 7.77. The molecule has 0 N–H and O–H groups in total. The molecule has 4 heteroatoms. The molecule has 0 bridgehead atoms. The Bertz CT molecular complexity index is 544. The number of likely N-dealkylation sites (N-methyl/N-ethyl adjacent to an activating group) is 1. The van der Waals surface area contributed by atoms with Crippen LogP contribution in [0.25, 0.3) is 11.3 Å². The maximum atomic E-state index is 5.61. The molecule has 1 aromatic carbocycles. The number of hydrogen-bond acceptors (Lipinski definition) is 3. The van der Waals surface area contributed by atoms with E-state index in [0.717, 1.165) is 56.2 Å². The standard InChI is InChI=1S/C18H27N3O/c1-4-13-22-17-9-7-16(8-10-17)18-14-21(15-19-18)12-11-20(5-2)6-3/h7-10,14-15H,4-6,11-13H2,1-3H3. The van der Waals surface area contributed by atoms with Crippen molar-refractivity contribution in [3.8, 4) is 17.0 Å². The Hall–Kier alpha value is -1.81. The molecule has 0 aliphatic carbocycles. The van der Waals surface area contributed by atoms with Gasteiger partial charge in [0.2, 0.25) is 0 Å². The zero-order chi connectivity index (χ0) is 15.8. The van der Waals surface area contributed by atoms with Gasteiger partial charge in [0.1, 0.15) is 5.75 Å². The number of nitrogens with zero attached hydrogens (tertiary/aromatic N) is 3. The molecule has 0 aliphatic heterocycles. The number of ether oxygens (including phenoxy) is 1. The number of aromatic nitrogens is 2. The lowest BCUT2D eigenvalue weighted by atomic mass is 10.1. The zero-order valence-electron chi connectivity index (χ0n) is 14.0. The molecule has 0 radical (unpaired) electrons. The summed E-state index contributed by atoms with van der Waals surface area (Å²) in [6, 6.07) is 8.17. The van der Waals surface area contributed by atoms with Gasteiger partial charge in [0.05, 0.1) is 18.6 Å². The molecule has 2 rings (SSSR count). The maximum Gasteiger partial charge on any atom is 0.119 e. The molecule has 0 unspecified atom stereocenters. The minimum atomic E-state index is 0.763. The third kappa shape index (κ3) is 4.60. The molecule has 0 spiro atoms. The lowest BCUT2D eigenvalue weighted by molar-refractivity contribution is 0.290. The third-order valence-electron chi connectivity index (χ3n) is 3.83. The van der Waals surface area contributed by atoms with Crippen molar-refractivity contribution in [3.63, 3.8) is 0 Å². The molecule has 2 aromatic rings. The second-order valence-corrected chi connectivity index (χ2v) is 5.40.